The molecule has 1 rings (SSSR count). The first-order valence-electron chi connectivity index (χ1n) is 5.15. The first-order valence-corrected chi connectivity index (χ1v) is 5.15. The van der Waals surface area contributed by atoms with Crippen LogP contribution in [0.5, 0.6) is 0 Å². The van der Waals surface area contributed by atoms with E-state index < -0.39 is 0 Å². The zero-order valence-electron chi connectivity index (χ0n) is 9.66. The van der Waals surface area contributed by atoms with Gasteiger partial charge in [0, 0.05) is 11.8 Å². The van der Waals surface area contributed by atoms with Gasteiger partial charge in [0.05, 0.1) is 6.33 Å². The summed E-state index contributed by atoms with van der Waals surface area (Å²) in [6.07, 6.45) is 3.06. The third-order valence-electron chi connectivity index (χ3n) is 2.24. The number of nitrogens with zero attached hydrogens (tertiary/aromatic N) is 1. The van der Waals surface area contributed by atoms with Gasteiger partial charge >= 0.3 is 0 Å². The quantitative estimate of drug-likeness (QED) is 0.790. The van der Waals surface area contributed by atoms with Crippen molar-refractivity contribution in [2.75, 3.05) is 0 Å². The number of hydrogen-bond acceptors (Lipinski definition) is 2. The lowest BCUT2D eigenvalue weighted by molar-refractivity contribution is 0.528. The molecule has 1 unspecified atom stereocenters. The van der Waals surface area contributed by atoms with E-state index in [1.165, 1.54) is 6.33 Å². The molecule has 3 nitrogen and oxygen atoms in total. The van der Waals surface area contributed by atoms with Gasteiger partial charge in [-0.3, -0.25) is 4.79 Å². The van der Waals surface area contributed by atoms with Crippen molar-refractivity contribution in [2.24, 2.45) is 5.92 Å². The molecule has 0 bridgehead atoms. The first kappa shape index (κ1) is 12.9. The molecule has 1 aromatic rings. The predicted octanol–water partition coefficient (Wildman–Crippen LogP) is 2.56. The molecule has 14 heavy (non-hydrogen) atoms. The fourth-order valence-electron chi connectivity index (χ4n) is 1.04. The lowest BCUT2D eigenvalue weighted by Crippen LogP contribution is -2.17. The Balaban J connectivity index is 0.000000791. The number of rotatable bonds is 2. The molecule has 1 N–H and O–H groups in total. The van der Waals surface area contributed by atoms with Gasteiger partial charge in [-0.25, -0.2) is 4.98 Å². The summed E-state index contributed by atoms with van der Waals surface area (Å²) in [7, 11) is 0. The van der Waals surface area contributed by atoms with Crippen LogP contribution in [0.2, 0.25) is 0 Å². The number of H-pyrrole nitrogens is 1. The van der Waals surface area contributed by atoms with E-state index in [1.807, 2.05) is 20.8 Å². The topological polar surface area (TPSA) is 45.8 Å². The molecule has 0 aliphatic carbocycles. The number of aromatic amines is 1. The van der Waals surface area contributed by atoms with Crippen molar-refractivity contribution in [3.8, 4) is 0 Å². The van der Waals surface area contributed by atoms with Crippen molar-refractivity contribution in [2.45, 2.75) is 40.5 Å². The standard InChI is InChI=1S/C9H14N2O.C2H6/c1-6(2)7(3)8-4-10-5-11-9(8)12;1-2/h4-7H,1-3H3,(H,10,11,12);1-2H3. The van der Waals surface area contributed by atoms with Crippen LogP contribution in [0.3, 0.4) is 0 Å². The lowest BCUT2D eigenvalue weighted by Gasteiger charge is -2.13. The van der Waals surface area contributed by atoms with Crippen molar-refractivity contribution in [1.29, 1.82) is 0 Å². The second-order valence-electron chi connectivity index (χ2n) is 3.37. The zero-order chi connectivity index (χ0) is 11.1. The van der Waals surface area contributed by atoms with Gasteiger partial charge in [-0.15, -0.1) is 0 Å². The summed E-state index contributed by atoms with van der Waals surface area (Å²) < 4.78 is 0. The molecule has 80 valence electrons. The molecule has 1 heterocycles. The Bertz CT molecular complexity index is 304. The monoisotopic (exact) mass is 196 g/mol. The molecule has 0 aromatic carbocycles. The van der Waals surface area contributed by atoms with E-state index in [-0.39, 0.29) is 11.5 Å². The minimum atomic E-state index is -0.0220. The molecule has 0 fully saturated rings. The average Bonchev–Trinajstić information content (AvgIpc) is 2.20. The maximum atomic E-state index is 11.3. The van der Waals surface area contributed by atoms with E-state index >= 15 is 0 Å². The molecule has 0 spiro atoms. The molecule has 1 aromatic heterocycles. The van der Waals surface area contributed by atoms with E-state index in [0.717, 1.165) is 5.56 Å². The van der Waals surface area contributed by atoms with Crippen LogP contribution in [-0.2, 0) is 0 Å². The highest BCUT2D eigenvalue weighted by molar-refractivity contribution is 5.09. The van der Waals surface area contributed by atoms with E-state index in [1.54, 1.807) is 6.20 Å². The van der Waals surface area contributed by atoms with Gasteiger partial charge in [0.25, 0.3) is 5.56 Å². The van der Waals surface area contributed by atoms with Crippen LogP contribution in [0.1, 0.15) is 46.1 Å². The number of nitrogens with one attached hydrogen (secondary N) is 1. The normalized spacial score (nSPS) is 11.9. The number of aromatic nitrogens is 2. The van der Waals surface area contributed by atoms with Gasteiger partial charge in [-0.05, 0) is 11.8 Å². The van der Waals surface area contributed by atoms with Crippen molar-refractivity contribution in [3.05, 3.63) is 28.4 Å². The summed E-state index contributed by atoms with van der Waals surface area (Å²) in [6, 6.07) is 0. The molecule has 0 aliphatic heterocycles. The highest BCUT2D eigenvalue weighted by Crippen LogP contribution is 2.18. The van der Waals surface area contributed by atoms with Crippen LogP contribution >= 0.6 is 0 Å². The van der Waals surface area contributed by atoms with E-state index in [9.17, 15) is 4.79 Å². The summed E-state index contributed by atoms with van der Waals surface area (Å²) in [5.41, 5.74) is 0.749. The maximum absolute atomic E-state index is 11.3. The van der Waals surface area contributed by atoms with Gasteiger partial charge < -0.3 is 4.98 Å². The van der Waals surface area contributed by atoms with E-state index in [0.29, 0.717) is 5.92 Å². The second-order valence-corrected chi connectivity index (χ2v) is 3.37. The highest BCUT2D eigenvalue weighted by atomic mass is 16.1. The smallest absolute Gasteiger partial charge is 0.254 e. The molecule has 0 saturated carbocycles. The van der Waals surface area contributed by atoms with E-state index in [4.69, 9.17) is 0 Å². The minimum Gasteiger partial charge on any atom is -0.313 e. The van der Waals surface area contributed by atoms with Crippen molar-refractivity contribution >= 4 is 0 Å². The van der Waals surface area contributed by atoms with Gasteiger partial charge in [0.15, 0.2) is 0 Å². The Morgan fingerprint density at radius 1 is 1.29 bits per heavy atom. The van der Waals surface area contributed by atoms with Gasteiger partial charge in [0.2, 0.25) is 0 Å². The maximum Gasteiger partial charge on any atom is 0.254 e. The van der Waals surface area contributed by atoms with E-state index in [2.05, 4.69) is 23.8 Å². The third kappa shape index (κ3) is 3.32. The van der Waals surface area contributed by atoms with Crippen LogP contribution in [-0.4, -0.2) is 9.97 Å². The van der Waals surface area contributed by atoms with Gasteiger partial charge in [-0.2, -0.15) is 0 Å². The van der Waals surface area contributed by atoms with Gasteiger partial charge in [0.1, 0.15) is 0 Å². The Morgan fingerprint density at radius 3 is 2.29 bits per heavy atom. The molecule has 0 radical (unpaired) electrons. The largest absolute Gasteiger partial charge is 0.313 e. The summed E-state index contributed by atoms with van der Waals surface area (Å²) in [5.74, 6) is 0.734. The van der Waals surface area contributed by atoms with Crippen LogP contribution in [0.15, 0.2) is 17.3 Å². The van der Waals surface area contributed by atoms with Gasteiger partial charge in [-0.1, -0.05) is 34.6 Å². The zero-order valence-corrected chi connectivity index (χ0v) is 9.66. The molecular weight excluding hydrogens is 176 g/mol. The van der Waals surface area contributed by atoms with Crippen molar-refractivity contribution in [3.63, 3.8) is 0 Å². The van der Waals surface area contributed by atoms with Crippen LogP contribution in [0.25, 0.3) is 0 Å². The third-order valence-corrected chi connectivity index (χ3v) is 2.24. The molecule has 0 saturated heterocycles. The van der Waals surface area contributed by atoms with Crippen LogP contribution in [0, 0.1) is 5.92 Å². The minimum absolute atomic E-state index is 0.0220. The molecule has 1 atom stereocenters. The molecular formula is C11H20N2O. The summed E-state index contributed by atoms with van der Waals surface area (Å²) in [6.45, 7) is 10.2. The molecule has 3 heteroatoms. The molecule has 0 amide bonds. The predicted molar refractivity (Wildman–Crippen MR) is 59.5 cm³/mol. The summed E-state index contributed by atoms with van der Waals surface area (Å²) >= 11 is 0. The summed E-state index contributed by atoms with van der Waals surface area (Å²) in [4.78, 5) is 17.7. The fourth-order valence-corrected chi connectivity index (χ4v) is 1.04. The Labute approximate surface area is 85.6 Å². The average molecular weight is 196 g/mol. The number of hydrogen-bond donors (Lipinski definition) is 1. The highest BCUT2D eigenvalue weighted by Gasteiger charge is 2.12. The summed E-state index contributed by atoms with van der Waals surface area (Å²) in [5, 5.41) is 0. The Hall–Kier alpha value is -1.12. The Kier molecular flexibility index (Phi) is 5.84. The fraction of sp³-hybridized carbons (Fsp3) is 0.636. The second kappa shape index (κ2) is 6.35. The van der Waals surface area contributed by atoms with Crippen LogP contribution < -0.4 is 5.56 Å². The molecule has 0 aliphatic rings. The lowest BCUT2D eigenvalue weighted by atomic mass is 9.92. The van der Waals surface area contributed by atoms with Crippen molar-refractivity contribution in [1.82, 2.24) is 9.97 Å². The Morgan fingerprint density at radius 2 is 1.86 bits per heavy atom. The van der Waals surface area contributed by atoms with Crippen LogP contribution in [0.4, 0.5) is 0 Å². The van der Waals surface area contributed by atoms with Crippen molar-refractivity contribution < 1.29 is 0 Å². The SMILES string of the molecule is CC.CC(C)C(C)c1cnc[nH]c1=O. The first-order chi connectivity index (χ1) is 6.63.